The van der Waals surface area contributed by atoms with Crippen molar-refractivity contribution < 1.29 is 17.9 Å². The van der Waals surface area contributed by atoms with Gasteiger partial charge in [0.2, 0.25) is 0 Å². The van der Waals surface area contributed by atoms with Crippen LogP contribution in [0.1, 0.15) is 27.3 Å². The first kappa shape index (κ1) is 22.1. The molecule has 0 saturated carbocycles. The number of hydrogen-bond acceptors (Lipinski definition) is 6. The van der Waals surface area contributed by atoms with Crippen molar-refractivity contribution in [3.63, 3.8) is 0 Å². The maximum Gasteiger partial charge on any atom is 0.267 e. The van der Waals surface area contributed by atoms with Gasteiger partial charge in [0, 0.05) is 5.69 Å². The average molecular weight is 466 g/mol. The van der Waals surface area contributed by atoms with Gasteiger partial charge in [0.25, 0.3) is 15.9 Å². The second-order valence-electron chi connectivity index (χ2n) is 6.28. The minimum absolute atomic E-state index is 0.127. The molecule has 0 aliphatic carbocycles. The van der Waals surface area contributed by atoms with Gasteiger partial charge in [-0.2, -0.15) is 0 Å². The van der Waals surface area contributed by atoms with Crippen molar-refractivity contribution in [3.05, 3.63) is 63.1 Å². The lowest BCUT2D eigenvalue weighted by Crippen LogP contribution is -2.16. The van der Waals surface area contributed by atoms with Crippen molar-refractivity contribution >= 4 is 50.2 Å². The summed E-state index contributed by atoms with van der Waals surface area (Å²) in [4.78, 5) is 17.4. The zero-order valence-electron chi connectivity index (χ0n) is 16.5. The highest BCUT2D eigenvalue weighted by atomic mass is 35.5. The molecule has 0 spiro atoms. The van der Waals surface area contributed by atoms with Crippen LogP contribution in [0.2, 0.25) is 5.02 Å². The smallest absolute Gasteiger partial charge is 0.267 e. The highest BCUT2D eigenvalue weighted by molar-refractivity contribution is 7.92. The SMILES string of the molecule is CCc1nc(C)c(C(=O)Nc2ccc(OC)c(S(=O)(=O)Nc3ccccc3Cl)c2)s1. The fourth-order valence-corrected chi connectivity index (χ4v) is 5.12. The molecule has 2 aromatic carbocycles. The van der Waals surface area contributed by atoms with Crippen LogP contribution in [0.4, 0.5) is 11.4 Å². The maximum atomic E-state index is 13.0. The number of aromatic nitrogens is 1. The third-order valence-electron chi connectivity index (χ3n) is 4.18. The molecule has 30 heavy (non-hydrogen) atoms. The monoisotopic (exact) mass is 465 g/mol. The summed E-state index contributed by atoms with van der Waals surface area (Å²) in [7, 11) is -2.66. The summed E-state index contributed by atoms with van der Waals surface area (Å²) in [6, 6.07) is 10.9. The van der Waals surface area contributed by atoms with Gasteiger partial charge in [0.1, 0.15) is 15.5 Å². The number of para-hydroxylation sites is 1. The van der Waals surface area contributed by atoms with Gasteiger partial charge in [0.05, 0.1) is 28.5 Å². The van der Waals surface area contributed by atoms with E-state index in [-0.39, 0.29) is 27.3 Å². The number of carbonyl (C=O) groups excluding carboxylic acids is 1. The summed E-state index contributed by atoms with van der Waals surface area (Å²) in [5, 5.41) is 3.85. The predicted octanol–water partition coefficient (Wildman–Crippen LogP) is 4.73. The lowest BCUT2D eigenvalue weighted by molar-refractivity contribution is 0.102. The largest absolute Gasteiger partial charge is 0.495 e. The van der Waals surface area contributed by atoms with E-state index < -0.39 is 10.0 Å². The molecule has 0 radical (unpaired) electrons. The van der Waals surface area contributed by atoms with E-state index in [0.717, 1.165) is 11.4 Å². The molecule has 7 nitrogen and oxygen atoms in total. The second kappa shape index (κ2) is 9.03. The zero-order chi connectivity index (χ0) is 21.9. The summed E-state index contributed by atoms with van der Waals surface area (Å²) >= 11 is 7.38. The summed E-state index contributed by atoms with van der Waals surface area (Å²) in [5.41, 5.74) is 1.19. The number of amides is 1. The van der Waals surface area contributed by atoms with Crippen LogP contribution in [0.5, 0.6) is 5.75 Å². The number of ether oxygens (including phenoxy) is 1. The van der Waals surface area contributed by atoms with Gasteiger partial charge >= 0.3 is 0 Å². The first-order valence-electron chi connectivity index (χ1n) is 8.98. The Labute approximate surface area is 184 Å². The third-order valence-corrected chi connectivity index (χ3v) is 7.20. The minimum atomic E-state index is -4.03. The quantitative estimate of drug-likeness (QED) is 0.525. The molecule has 3 aromatic rings. The molecular weight excluding hydrogens is 446 g/mol. The van der Waals surface area contributed by atoms with E-state index in [1.165, 1.54) is 30.6 Å². The molecule has 0 aliphatic rings. The van der Waals surface area contributed by atoms with Crippen LogP contribution in [0.15, 0.2) is 47.4 Å². The van der Waals surface area contributed by atoms with E-state index >= 15 is 0 Å². The number of nitrogens with one attached hydrogen (secondary N) is 2. The first-order valence-corrected chi connectivity index (χ1v) is 11.7. The van der Waals surface area contributed by atoms with Crippen molar-refractivity contribution in [1.82, 2.24) is 4.98 Å². The van der Waals surface area contributed by atoms with Crippen LogP contribution in [0, 0.1) is 6.92 Å². The zero-order valence-corrected chi connectivity index (χ0v) is 18.9. The Morgan fingerprint density at radius 1 is 1.23 bits per heavy atom. The molecule has 2 N–H and O–H groups in total. The van der Waals surface area contributed by atoms with Gasteiger partial charge in [-0.15, -0.1) is 11.3 Å². The van der Waals surface area contributed by atoms with Gasteiger partial charge in [-0.3, -0.25) is 9.52 Å². The molecule has 158 valence electrons. The number of aryl methyl sites for hydroxylation is 2. The third kappa shape index (κ3) is 4.75. The lowest BCUT2D eigenvalue weighted by atomic mass is 10.3. The van der Waals surface area contributed by atoms with E-state index in [1.807, 2.05) is 6.92 Å². The van der Waals surface area contributed by atoms with E-state index in [9.17, 15) is 13.2 Å². The molecule has 0 atom stereocenters. The number of hydrogen-bond donors (Lipinski definition) is 2. The van der Waals surface area contributed by atoms with Crippen LogP contribution in [0.3, 0.4) is 0 Å². The lowest BCUT2D eigenvalue weighted by Gasteiger charge is -2.14. The number of nitrogens with zero attached hydrogens (tertiary/aromatic N) is 1. The number of anilines is 2. The summed E-state index contributed by atoms with van der Waals surface area (Å²) < 4.78 is 33.6. The predicted molar refractivity (Wildman–Crippen MR) is 119 cm³/mol. The van der Waals surface area contributed by atoms with Crippen molar-refractivity contribution in [2.45, 2.75) is 25.2 Å². The summed E-state index contributed by atoms with van der Waals surface area (Å²) in [6.45, 7) is 3.73. The highest BCUT2D eigenvalue weighted by Gasteiger charge is 2.22. The number of carbonyl (C=O) groups is 1. The van der Waals surface area contributed by atoms with Gasteiger partial charge < -0.3 is 10.1 Å². The van der Waals surface area contributed by atoms with E-state index in [4.69, 9.17) is 16.3 Å². The molecule has 1 amide bonds. The van der Waals surface area contributed by atoms with E-state index in [1.54, 1.807) is 37.3 Å². The molecule has 0 aliphatic heterocycles. The number of methoxy groups -OCH3 is 1. The van der Waals surface area contributed by atoms with Gasteiger partial charge in [-0.1, -0.05) is 30.7 Å². The van der Waals surface area contributed by atoms with Crippen molar-refractivity contribution in [2.24, 2.45) is 0 Å². The van der Waals surface area contributed by atoms with Crippen molar-refractivity contribution in [2.75, 3.05) is 17.1 Å². The summed E-state index contributed by atoms with van der Waals surface area (Å²) in [5.74, 6) is -0.216. The van der Waals surface area contributed by atoms with Crippen molar-refractivity contribution in [1.29, 1.82) is 0 Å². The van der Waals surface area contributed by atoms with Gasteiger partial charge in [-0.05, 0) is 43.7 Å². The number of rotatable bonds is 7. The Balaban J connectivity index is 1.92. The number of sulfonamides is 1. The average Bonchev–Trinajstić information content (AvgIpc) is 3.10. The molecule has 0 saturated heterocycles. The van der Waals surface area contributed by atoms with E-state index in [2.05, 4.69) is 15.0 Å². The maximum absolute atomic E-state index is 13.0. The Bertz CT molecular complexity index is 1190. The Kier molecular flexibility index (Phi) is 6.64. The minimum Gasteiger partial charge on any atom is -0.495 e. The number of halogens is 1. The van der Waals surface area contributed by atoms with Gasteiger partial charge in [0.15, 0.2) is 0 Å². The number of benzene rings is 2. The van der Waals surface area contributed by atoms with Crippen LogP contribution in [0.25, 0.3) is 0 Å². The standard InChI is InChI=1S/C20H20ClN3O4S2/c1-4-18-22-12(2)19(29-18)20(25)23-13-9-10-16(28-3)17(11-13)30(26,27)24-15-8-6-5-7-14(15)21/h5-11,24H,4H2,1-3H3,(H,23,25). The van der Waals surface area contributed by atoms with Gasteiger partial charge in [-0.25, -0.2) is 13.4 Å². The normalized spacial score (nSPS) is 11.2. The Morgan fingerprint density at radius 3 is 2.60 bits per heavy atom. The molecule has 1 heterocycles. The molecule has 0 unspecified atom stereocenters. The van der Waals surface area contributed by atoms with Crippen LogP contribution in [-0.4, -0.2) is 26.4 Å². The fourth-order valence-electron chi connectivity index (χ4n) is 2.71. The Morgan fingerprint density at radius 2 is 1.97 bits per heavy atom. The fraction of sp³-hybridized carbons (Fsp3) is 0.200. The number of thiazole rings is 1. The highest BCUT2D eigenvalue weighted by Crippen LogP contribution is 2.31. The molecule has 0 fully saturated rings. The molecule has 1 aromatic heterocycles. The Hall–Kier alpha value is -2.62. The van der Waals surface area contributed by atoms with Crippen LogP contribution >= 0.6 is 22.9 Å². The first-order chi connectivity index (χ1) is 14.2. The van der Waals surface area contributed by atoms with Crippen molar-refractivity contribution in [3.8, 4) is 5.75 Å². The van der Waals surface area contributed by atoms with Crippen LogP contribution < -0.4 is 14.8 Å². The topological polar surface area (TPSA) is 97.4 Å². The molecule has 0 bridgehead atoms. The molecular formula is C20H20ClN3O4S2. The molecule has 10 heteroatoms. The summed E-state index contributed by atoms with van der Waals surface area (Å²) in [6.07, 6.45) is 0.734. The molecule has 3 rings (SSSR count). The van der Waals surface area contributed by atoms with E-state index in [0.29, 0.717) is 16.3 Å². The van der Waals surface area contributed by atoms with Crippen LogP contribution in [-0.2, 0) is 16.4 Å². The second-order valence-corrected chi connectivity index (χ2v) is 9.42.